The Hall–Kier alpha value is -4.61. The zero-order valence-corrected chi connectivity index (χ0v) is 42.6. The molecule has 0 bridgehead atoms. The van der Waals surface area contributed by atoms with Crippen molar-refractivity contribution in [3.8, 4) is 44.5 Å². The minimum absolute atomic E-state index is 0. The Bertz CT molecular complexity index is 2690. The number of aliphatic hydroxyl groups is 1. The van der Waals surface area contributed by atoms with Gasteiger partial charge in [0.25, 0.3) is 0 Å². The van der Waals surface area contributed by atoms with Crippen molar-refractivity contribution in [2.45, 2.75) is 38.2 Å². The van der Waals surface area contributed by atoms with Crippen LogP contribution in [0, 0.1) is 14.4 Å². The molecule has 1 saturated heterocycles. The van der Waals surface area contributed by atoms with E-state index in [2.05, 4.69) is 110 Å². The third-order valence-electron chi connectivity index (χ3n) is 11.3. The number of rotatable bonds is 4. The molecule has 1 aliphatic heterocycles. The molecule has 11 rings (SSSR count). The summed E-state index contributed by atoms with van der Waals surface area (Å²) >= 11 is 10.8. The predicted molar refractivity (Wildman–Crippen MR) is 283 cm³/mol. The summed E-state index contributed by atoms with van der Waals surface area (Å²) in [5.41, 5.74) is 12.1. The van der Waals surface area contributed by atoms with Crippen LogP contribution >= 0.6 is 47.8 Å². The average molecular weight is 1060 g/mol. The van der Waals surface area contributed by atoms with Crippen LogP contribution in [0.2, 0.25) is 0 Å². The number of fused-ring (bicyclic) bond motifs is 6. The van der Waals surface area contributed by atoms with Crippen LogP contribution in [0.1, 0.15) is 65.2 Å². The maximum Gasteiger partial charge on any atom is 1.00 e. The fourth-order valence-electron chi connectivity index (χ4n) is 8.06. The molecule has 0 unspecified atom stereocenters. The molecule has 3 nitrogen and oxygen atoms in total. The molecule has 0 radical (unpaired) electrons. The van der Waals surface area contributed by atoms with Crippen molar-refractivity contribution in [2.24, 2.45) is 0 Å². The first-order valence-corrected chi connectivity index (χ1v) is 24.0. The van der Waals surface area contributed by atoms with Crippen LogP contribution in [0.25, 0.3) is 44.5 Å². The first kappa shape index (κ1) is 52.4. The molecule has 7 heteroatoms. The minimum atomic E-state index is -1.18. The molecule has 0 aromatic heterocycles. The molecule has 330 valence electrons. The Morgan fingerprint density at radius 3 is 0.985 bits per heavy atom. The van der Waals surface area contributed by atoms with Crippen molar-refractivity contribution in [2.75, 3.05) is 13.2 Å². The summed E-state index contributed by atoms with van der Waals surface area (Å²) in [6.07, 6.45) is 4.83. The van der Waals surface area contributed by atoms with Crippen LogP contribution in [0.4, 0.5) is 0 Å². The van der Waals surface area contributed by atoms with Gasteiger partial charge in [0, 0.05) is 54.4 Å². The van der Waals surface area contributed by atoms with Crippen LogP contribution < -0.4 is 18.9 Å². The Morgan fingerprint density at radius 2 is 0.697 bits per heavy atom. The third kappa shape index (κ3) is 11.7. The Labute approximate surface area is 429 Å². The van der Waals surface area contributed by atoms with Gasteiger partial charge in [0.2, 0.25) is 0 Å². The molecular formula is C59H53Br3LiO3-. The monoisotopic (exact) mass is 1050 g/mol. The van der Waals surface area contributed by atoms with Crippen molar-refractivity contribution in [1.82, 2.24) is 0 Å². The maximum absolute atomic E-state index is 12.2. The van der Waals surface area contributed by atoms with Gasteiger partial charge in [0.15, 0.2) is 5.78 Å². The van der Waals surface area contributed by atoms with Gasteiger partial charge in [-0.05, 0) is 75.5 Å². The van der Waals surface area contributed by atoms with Crippen LogP contribution in [0.15, 0.2) is 208 Å². The van der Waals surface area contributed by atoms with Crippen molar-refractivity contribution in [1.29, 1.82) is 0 Å². The Kier molecular flexibility index (Phi) is 20.2. The van der Waals surface area contributed by atoms with Gasteiger partial charge >= 0.3 is 18.9 Å². The quantitative estimate of drug-likeness (QED) is 0.141. The number of hydrogen-bond donors (Lipinski definition) is 1. The number of carbonyl (C=O) groups excluding carboxylic acids is 1. The molecule has 3 aliphatic rings. The summed E-state index contributed by atoms with van der Waals surface area (Å²) in [6, 6.07) is 64.5. The van der Waals surface area contributed by atoms with Crippen LogP contribution in [0.3, 0.4) is 0 Å². The van der Waals surface area contributed by atoms with Gasteiger partial charge in [0.05, 0.1) is 0 Å². The zero-order valence-electron chi connectivity index (χ0n) is 37.8. The zero-order chi connectivity index (χ0) is 44.9. The molecule has 0 amide bonds. The van der Waals surface area contributed by atoms with Gasteiger partial charge in [-0.15, -0.1) is 0 Å². The number of ketones is 1. The SMILES string of the molecule is Brc1ccccc1-c1ccccc1Br.C1CCOC1.O=C1c2ccccc2-c2ccccc21.OC1(c2ccccc2-c2ccccc2Br)c2ccccc2-c2ccccc21.[CH2-]CCC.[CH3-].[Li+]. The second-order valence-corrected chi connectivity index (χ2v) is 17.9. The second kappa shape index (κ2) is 25.5. The standard InChI is InChI=1S/C25H17BrO.C13H8O.C12H8Br2.C4H8O.C4H9.CH3.Li/c26-24-16-8-4-12-20(24)19-11-3-7-15-23(19)25(27)21-13-5-1-9-17(21)18-10-2-6-14-22(18)25;14-13-11-7-3-1-5-9(11)10-6-2-4-8-12(10)13;13-11-7-3-1-5-9(11)10-6-2-4-8-12(10)14;1-2-4-5-3-1;1-3-4-2;;/h1-16,27H;2*1-8H;1-4H2;1,3-4H2,2H3;1H3;/q;;;;2*-1;+1. The number of carbonyl (C=O) groups is 1. The first-order valence-electron chi connectivity index (χ1n) is 21.6. The summed E-state index contributed by atoms with van der Waals surface area (Å²) in [6.45, 7) is 7.72. The van der Waals surface area contributed by atoms with E-state index >= 15 is 0 Å². The molecule has 8 aromatic rings. The van der Waals surface area contributed by atoms with Gasteiger partial charge in [-0.25, -0.2) is 0 Å². The molecule has 1 N–H and O–H groups in total. The van der Waals surface area contributed by atoms with E-state index in [4.69, 9.17) is 4.74 Å². The van der Waals surface area contributed by atoms with E-state index in [0.717, 1.165) is 94.3 Å². The van der Waals surface area contributed by atoms with Crippen LogP contribution in [0.5, 0.6) is 0 Å². The number of hydrogen-bond acceptors (Lipinski definition) is 3. The van der Waals surface area contributed by atoms with Crippen LogP contribution in [-0.4, -0.2) is 24.1 Å². The van der Waals surface area contributed by atoms with Crippen molar-refractivity contribution < 1.29 is 33.5 Å². The van der Waals surface area contributed by atoms with Crippen molar-refractivity contribution in [3.63, 3.8) is 0 Å². The Morgan fingerprint density at radius 1 is 0.455 bits per heavy atom. The maximum atomic E-state index is 12.2. The number of halogens is 3. The van der Waals surface area contributed by atoms with E-state index in [-0.39, 0.29) is 32.1 Å². The number of ether oxygens (including phenoxy) is 1. The summed E-state index contributed by atoms with van der Waals surface area (Å²) in [5.74, 6) is 0.149. The summed E-state index contributed by atoms with van der Waals surface area (Å²) in [7, 11) is 0. The smallest absolute Gasteiger partial charge is 0.381 e. The van der Waals surface area contributed by atoms with E-state index in [1.165, 1.54) is 30.4 Å². The largest absolute Gasteiger partial charge is 1.00 e. The molecule has 0 saturated carbocycles. The van der Waals surface area contributed by atoms with E-state index in [9.17, 15) is 9.90 Å². The minimum Gasteiger partial charge on any atom is -0.381 e. The summed E-state index contributed by atoms with van der Waals surface area (Å²) in [5, 5.41) is 12.2. The van der Waals surface area contributed by atoms with Gasteiger partial charge in [0.1, 0.15) is 5.60 Å². The van der Waals surface area contributed by atoms with Crippen LogP contribution in [-0.2, 0) is 10.3 Å². The summed E-state index contributed by atoms with van der Waals surface area (Å²) < 4.78 is 8.19. The molecule has 0 atom stereocenters. The van der Waals surface area contributed by atoms with Gasteiger partial charge in [-0.3, -0.25) is 4.79 Å². The molecule has 66 heavy (non-hydrogen) atoms. The second-order valence-electron chi connectivity index (χ2n) is 15.4. The molecule has 2 aliphatic carbocycles. The average Bonchev–Trinajstić information content (AvgIpc) is 4.09. The fraction of sp³-hybridized carbons (Fsp3) is 0.136. The van der Waals surface area contributed by atoms with Gasteiger partial charge < -0.3 is 24.2 Å². The molecule has 8 aromatic carbocycles. The fourth-order valence-corrected chi connectivity index (χ4v) is 9.56. The molecular weight excluding hydrogens is 1000 g/mol. The van der Waals surface area contributed by atoms with Crippen molar-refractivity contribution in [3.05, 3.63) is 250 Å². The predicted octanol–water partition coefficient (Wildman–Crippen LogP) is 14.0. The molecule has 1 heterocycles. The van der Waals surface area contributed by atoms with Crippen molar-refractivity contribution >= 4 is 53.6 Å². The van der Waals surface area contributed by atoms with E-state index in [1.807, 2.05) is 146 Å². The number of benzene rings is 8. The topological polar surface area (TPSA) is 46.5 Å². The van der Waals surface area contributed by atoms with E-state index in [1.54, 1.807) is 0 Å². The molecule has 1 fully saturated rings. The first-order chi connectivity index (χ1) is 31.3. The van der Waals surface area contributed by atoms with E-state index in [0.29, 0.717) is 0 Å². The third-order valence-corrected chi connectivity index (χ3v) is 13.3. The summed E-state index contributed by atoms with van der Waals surface area (Å²) in [4.78, 5) is 11.9. The molecule has 0 spiro atoms. The Balaban J connectivity index is 0.000000177. The normalized spacial score (nSPS) is 12.7. The van der Waals surface area contributed by atoms with E-state index < -0.39 is 5.60 Å². The van der Waals surface area contributed by atoms with Gasteiger partial charge in [-0.1, -0.05) is 237 Å². The number of unbranched alkanes of at least 4 members (excludes halogenated alkanes) is 1. The van der Waals surface area contributed by atoms with Gasteiger partial charge in [-0.2, -0.15) is 6.42 Å².